The second-order valence-electron chi connectivity index (χ2n) is 13.1. The number of rotatable bonds is 4. The van der Waals surface area contributed by atoms with Gasteiger partial charge in [-0.05, 0) is 51.6 Å². The van der Waals surface area contributed by atoms with Crippen LogP contribution in [0.15, 0.2) is 168 Å². The summed E-state index contributed by atoms with van der Waals surface area (Å²) in [7, 11) is 0. The Morgan fingerprint density at radius 1 is 0.385 bits per heavy atom. The first-order valence-corrected chi connectivity index (χ1v) is 18.2. The summed E-state index contributed by atoms with van der Waals surface area (Å²) in [4.78, 5) is 15.3. The van der Waals surface area contributed by atoms with Gasteiger partial charge in [0.2, 0.25) is 0 Å². The van der Waals surface area contributed by atoms with Gasteiger partial charge in [0.05, 0.1) is 0 Å². The number of fused-ring (bicyclic) bond motifs is 10. The van der Waals surface area contributed by atoms with Crippen molar-refractivity contribution in [2.75, 3.05) is 0 Å². The second kappa shape index (κ2) is 11.4. The molecule has 0 saturated heterocycles. The predicted octanol–water partition coefficient (Wildman–Crippen LogP) is 13.1. The molecular formula is C47H27N3OS. The standard InChI is InChI=1S/C47H27N3OS/c1-2-12-30(13-3-1)45-48-46(50-47(49-45)36-17-10-20-40-42(36)35-16-7-9-19-39(35)52-40)31-24-21-29(22-25-31)37-27-32-26-23-28-11-4-5-14-33(28)41(32)44-43(37)34-15-6-8-18-38(34)51-44/h1-27H. The average molecular weight is 682 g/mol. The minimum Gasteiger partial charge on any atom is -0.455 e. The molecule has 3 aromatic heterocycles. The summed E-state index contributed by atoms with van der Waals surface area (Å²) < 4.78 is 9.13. The molecule has 0 amide bonds. The highest BCUT2D eigenvalue weighted by Crippen LogP contribution is 2.44. The zero-order chi connectivity index (χ0) is 34.2. The molecular weight excluding hydrogens is 655 g/mol. The number of hydrogen-bond donors (Lipinski definition) is 0. The topological polar surface area (TPSA) is 51.8 Å². The molecule has 0 spiro atoms. The van der Waals surface area contributed by atoms with E-state index in [-0.39, 0.29) is 0 Å². The maximum absolute atomic E-state index is 6.66. The monoisotopic (exact) mass is 681 g/mol. The lowest BCUT2D eigenvalue weighted by Gasteiger charge is -2.12. The molecule has 0 unspecified atom stereocenters. The fourth-order valence-electron chi connectivity index (χ4n) is 7.71. The van der Waals surface area contributed by atoms with Crippen LogP contribution in [0.4, 0.5) is 0 Å². The first-order chi connectivity index (χ1) is 25.8. The van der Waals surface area contributed by atoms with Gasteiger partial charge in [-0.3, -0.25) is 0 Å². The Balaban J connectivity index is 1.10. The zero-order valence-corrected chi connectivity index (χ0v) is 28.6. The van der Waals surface area contributed by atoms with E-state index < -0.39 is 0 Å². The lowest BCUT2D eigenvalue weighted by atomic mass is 9.92. The van der Waals surface area contributed by atoms with Crippen LogP contribution in [0.5, 0.6) is 0 Å². The number of aromatic nitrogens is 3. The van der Waals surface area contributed by atoms with Crippen LogP contribution in [0.3, 0.4) is 0 Å². The van der Waals surface area contributed by atoms with Crippen molar-refractivity contribution in [2.24, 2.45) is 0 Å². The Morgan fingerprint density at radius 3 is 1.87 bits per heavy atom. The first-order valence-electron chi connectivity index (χ1n) is 17.4. The van der Waals surface area contributed by atoms with E-state index >= 15 is 0 Å². The number of benzene rings is 8. The Hall–Kier alpha value is -6.69. The first kappa shape index (κ1) is 29.1. The molecule has 0 radical (unpaired) electrons. The summed E-state index contributed by atoms with van der Waals surface area (Å²) in [5.41, 5.74) is 6.91. The Kier molecular flexibility index (Phi) is 6.39. The van der Waals surface area contributed by atoms with Gasteiger partial charge in [0.15, 0.2) is 17.5 Å². The minimum absolute atomic E-state index is 0.635. The van der Waals surface area contributed by atoms with Crippen LogP contribution in [0.2, 0.25) is 0 Å². The van der Waals surface area contributed by atoms with Crippen molar-refractivity contribution in [3.8, 4) is 45.3 Å². The summed E-state index contributed by atoms with van der Waals surface area (Å²) in [5, 5.41) is 9.30. The van der Waals surface area contributed by atoms with Gasteiger partial charge in [0.1, 0.15) is 11.2 Å². The third kappa shape index (κ3) is 4.50. The van der Waals surface area contributed by atoms with Gasteiger partial charge in [-0.1, -0.05) is 140 Å². The van der Waals surface area contributed by atoms with Gasteiger partial charge >= 0.3 is 0 Å². The molecule has 0 aliphatic carbocycles. The summed E-state index contributed by atoms with van der Waals surface area (Å²) >= 11 is 1.80. The van der Waals surface area contributed by atoms with Gasteiger partial charge in [-0.15, -0.1) is 11.3 Å². The molecule has 0 N–H and O–H groups in total. The van der Waals surface area contributed by atoms with Crippen LogP contribution in [0, 0.1) is 0 Å². The fourth-order valence-corrected chi connectivity index (χ4v) is 8.84. The summed E-state index contributed by atoms with van der Waals surface area (Å²) in [5.74, 6) is 1.95. The van der Waals surface area contributed by atoms with Gasteiger partial charge in [-0.25, -0.2) is 15.0 Å². The highest BCUT2D eigenvalue weighted by atomic mass is 32.1. The van der Waals surface area contributed by atoms with Gasteiger partial charge < -0.3 is 4.42 Å². The van der Waals surface area contributed by atoms with Crippen molar-refractivity contribution in [1.82, 2.24) is 15.0 Å². The maximum Gasteiger partial charge on any atom is 0.164 e. The van der Waals surface area contributed by atoms with E-state index in [1.54, 1.807) is 11.3 Å². The molecule has 0 fully saturated rings. The highest BCUT2D eigenvalue weighted by Gasteiger charge is 2.20. The number of furan rings is 1. The molecule has 0 atom stereocenters. The lowest BCUT2D eigenvalue weighted by molar-refractivity contribution is 0.673. The third-order valence-electron chi connectivity index (χ3n) is 10.1. The predicted molar refractivity (Wildman–Crippen MR) is 217 cm³/mol. The Morgan fingerprint density at radius 2 is 1.02 bits per heavy atom. The van der Waals surface area contributed by atoms with Crippen molar-refractivity contribution in [3.63, 3.8) is 0 Å². The molecule has 0 aliphatic rings. The molecule has 0 aliphatic heterocycles. The van der Waals surface area contributed by atoms with E-state index in [1.807, 2.05) is 24.3 Å². The van der Waals surface area contributed by atoms with E-state index in [9.17, 15) is 0 Å². The summed E-state index contributed by atoms with van der Waals surface area (Å²) in [6.07, 6.45) is 0. The lowest BCUT2D eigenvalue weighted by Crippen LogP contribution is -2.00. The van der Waals surface area contributed by atoms with Crippen LogP contribution >= 0.6 is 11.3 Å². The second-order valence-corrected chi connectivity index (χ2v) is 14.2. The number of para-hydroxylation sites is 1. The van der Waals surface area contributed by atoms with Crippen molar-refractivity contribution >= 4 is 75.0 Å². The Bertz CT molecular complexity index is 3180. The van der Waals surface area contributed by atoms with Crippen molar-refractivity contribution in [2.45, 2.75) is 0 Å². The quantitative estimate of drug-likeness (QED) is 0.174. The molecule has 11 rings (SSSR count). The average Bonchev–Trinajstić information content (AvgIpc) is 3.80. The SMILES string of the molecule is c1ccc(-c2nc(-c3ccc(-c4cc5ccc6ccccc6c5c5oc6ccccc6c45)cc3)nc(-c3cccc4sc5ccccc5c34)n2)cc1. The molecule has 4 nitrogen and oxygen atoms in total. The van der Waals surface area contributed by atoms with Crippen LogP contribution < -0.4 is 0 Å². The van der Waals surface area contributed by atoms with Crippen molar-refractivity contribution in [3.05, 3.63) is 164 Å². The molecule has 0 saturated carbocycles. The molecule has 0 bridgehead atoms. The summed E-state index contributed by atoms with van der Waals surface area (Å²) in [6, 6.07) is 57.3. The highest BCUT2D eigenvalue weighted by molar-refractivity contribution is 7.25. The number of hydrogen-bond acceptors (Lipinski definition) is 5. The van der Waals surface area contributed by atoms with Gasteiger partial charge in [0, 0.05) is 53.0 Å². The van der Waals surface area contributed by atoms with Crippen LogP contribution in [-0.2, 0) is 0 Å². The van der Waals surface area contributed by atoms with E-state index in [0.717, 1.165) is 60.5 Å². The smallest absolute Gasteiger partial charge is 0.164 e. The summed E-state index contributed by atoms with van der Waals surface area (Å²) in [6.45, 7) is 0. The van der Waals surface area contributed by atoms with E-state index in [2.05, 4.69) is 140 Å². The van der Waals surface area contributed by atoms with Crippen LogP contribution in [0.25, 0.3) is 109 Å². The normalized spacial score (nSPS) is 11.8. The van der Waals surface area contributed by atoms with Crippen LogP contribution in [-0.4, -0.2) is 15.0 Å². The van der Waals surface area contributed by atoms with Gasteiger partial charge in [-0.2, -0.15) is 0 Å². The van der Waals surface area contributed by atoms with Crippen LogP contribution in [0.1, 0.15) is 0 Å². The van der Waals surface area contributed by atoms with Crippen molar-refractivity contribution in [1.29, 1.82) is 0 Å². The number of thiophene rings is 1. The molecule has 3 heterocycles. The van der Waals surface area contributed by atoms with E-state index in [0.29, 0.717) is 17.5 Å². The maximum atomic E-state index is 6.66. The zero-order valence-electron chi connectivity index (χ0n) is 27.7. The molecule has 8 aromatic carbocycles. The Labute approximate surface area is 302 Å². The van der Waals surface area contributed by atoms with E-state index in [1.165, 1.54) is 30.9 Å². The van der Waals surface area contributed by atoms with Crippen molar-refractivity contribution < 1.29 is 4.42 Å². The fraction of sp³-hybridized carbons (Fsp3) is 0. The van der Waals surface area contributed by atoms with Gasteiger partial charge in [0.25, 0.3) is 0 Å². The largest absolute Gasteiger partial charge is 0.455 e. The molecule has 52 heavy (non-hydrogen) atoms. The van der Waals surface area contributed by atoms with E-state index in [4.69, 9.17) is 19.4 Å². The third-order valence-corrected chi connectivity index (χ3v) is 11.3. The minimum atomic E-state index is 0.635. The molecule has 5 heteroatoms. The number of nitrogens with zero attached hydrogens (tertiary/aromatic N) is 3. The molecule has 11 aromatic rings. The molecule has 242 valence electrons.